The van der Waals surface area contributed by atoms with Gasteiger partial charge in [0.1, 0.15) is 5.58 Å². The number of benzene rings is 2. The van der Waals surface area contributed by atoms with Gasteiger partial charge < -0.3 is 4.42 Å². The van der Waals surface area contributed by atoms with E-state index in [2.05, 4.69) is 9.71 Å². The van der Waals surface area contributed by atoms with Crippen LogP contribution < -0.4 is 10.3 Å². The Morgan fingerprint density at radius 3 is 2.33 bits per heavy atom. The molecule has 0 amide bonds. The van der Waals surface area contributed by atoms with Gasteiger partial charge in [-0.25, -0.2) is 17.9 Å². The zero-order valence-corrected chi connectivity index (χ0v) is 17.8. The number of fused-ring (bicyclic) bond motifs is 1. The van der Waals surface area contributed by atoms with Crippen molar-refractivity contribution in [1.29, 1.82) is 0 Å². The number of alkyl halides is 3. The molecule has 0 saturated heterocycles. The lowest BCUT2D eigenvalue weighted by atomic mass is 10.0. The Morgan fingerprint density at radius 1 is 0.939 bits per heavy atom. The second-order valence-corrected chi connectivity index (χ2v) is 9.08. The predicted molar refractivity (Wildman–Crippen MR) is 115 cm³/mol. The molecule has 33 heavy (non-hydrogen) atoms. The van der Waals surface area contributed by atoms with Crippen molar-refractivity contribution in [3.63, 3.8) is 0 Å². The second kappa shape index (κ2) is 8.80. The molecule has 2 aromatic heterocycles. The Morgan fingerprint density at radius 2 is 1.67 bits per heavy atom. The molecule has 0 unspecified atom stereocenters. The molecular formula is C23H17F3N2O4S. The minimum absolute atomic E-state index is 0.0646. The number of pyridine rings is 1. The molecular weight excluding hydrogens is 457 g/mol. The monoisotopic (exact) mass is 474 g/mol. The molecule has 0 aliphatic heterocycles. The van der Waals surface area contributed by atoms with Crippen molar-refractivity contribution in [1.82, 2.24) is 9.71 Å². The van der Waals surface area contributed by atoms with Crippen molar-refractivity contribution in [3.8, 4) is 0 Å². The fourth-order valence-corrected chi connectivity index (χ4v) is 4.36. The van der Waals surface area contributed by atoms with E-state index in [1.165, 1.54) is 24.3 Å². The highest BCUT2D eigenvalue weighted by Crippen LogP contribution is 2.34. The molecule has 0 bridgehead atoms. The summed E-state index contributed by atoms with van der Waals surface area (Å²) < 4.78 is 72.4. The quantitative estimate of drug-likeness (QED) is 0.422. The minimum Gasteiger partial charge on any atom is -0.423 e. The topological polar surface area (TPSA) is 89.3 Å². The van der Waals surface area contributed by atoms with E-state index in [9.17, 15) is 26.4 Å². The fraction of sp³-hybridized carbons (Fsp3) is 0.130. The molecule has 170 valence electrons. The molecule has 2 aromatic carbocycles. The Kier molecular flexibility index (Phi) is 6.05. The van der Waals surface area contributed by atoms with Crippen LogP contribution in [0.2, 0.25) is 0 Å². The molecule has 4 rings (SSSR count). The van der Waals surface area contributed by atoms with Gasteiger partial charge in [0.2, 0.25) is 10.0 Å². The van der Waals surface area contributed by atoms with E-state index < -0.39 is 27.4 Å². The average molecular weight is 474 g/mol. The van der Waals surface area contributed by atoms with Gasteiger partial charge >= 0.3 is 11.8 Å². The van der Waals surface area contributed by atoms with E-state index in [4.69, 9.17) is 4.42 Å². The third-order valence-corrected chi connectivity index (χ3v) is 6.36. The van der Waals surface area contributed by atoms with Gasteiger partial charge in [-0.15, -0.1) is 0 Å². The zero-order valence-electron chi connectivity index (χ0n) is 17.0. The van der Waals surface area contributed by atoms with Crippen LogP contribution in [0.15, 0.2) is 87.2 Å². The molecule has 10 heteroatoms. The largest absolute Gasteiger partial charge is 0.423 e. The minimum atomic E-state index is -4.70. The van der Waals surface area contributed by atoms with Crippen LogP contribution in [-0.2, 0) is 29.2 Å². The van der Waals surface area contributed by atoms with Gasteiger partial charge in [0.15, 0.2) is 0 Å². The number of hydrogen-bond acceptors (Lipinski definition) is 5. The van der Waals surface area contributed by atoms with Gasteiger partial charge in [-0.2, -0.15) is 13.2 Å². The Labute approximate surface area is 186 Å². The zero-order chi connectivity index (χ0) is 23.6. The SMILES string of the molecule is O=c1cc(C(F)(F)F)c2cc(Cc3ccc(S(=O)(=O)NCc4cccnc4)cc3)ccc2o1. The molecule has 6 nitrogen and oxygen atoms in total. The molecule has 0 aliphatic rings. The van der Waals surface area contributed by atoms with Crippen molar-refractivity contribution >= 4 is 21.0 Å². The van der Waals surface area contributed by atoms with E-state index in [1.54, 1.807) is 42.7 Å². The van der Waals surface area contributed by atoms with Crippen LogP contribution in [0.25, 0.3) is 11.0 Å². The molecule has 0 atom stereocenters. The highest BCUT2D eigenvalue weighted by atomic mass is 32.2. The van der Waals surface area contributed by atoms with Crippen LogP contribution in [0, 0.1) is 0 Å². The third kappa shape index (κ3) is 5.29. The van der Waals surface area contributed by atoms with E-state index >= 15 is 0 Å². The Hall–Kier alpha value is -3.50. The summed E-state index contributed by atoms with van der Waals surface area (Å²) in [5.41, 5.74) is -0.324. The summed E-state index contributed by atoms with van der Waals surface area (Å²) in [6.07, 6.45) is -1.29. The van der Waals surface area contributed by atoms with Gasteiger partial charge in [-0.3, -0.25) is 4.98 Å². The smallest absolute Gasteiger partial charge is 0.417 e. The summed E-state index contributed by atoms with van der Waals surface area (Å²) >= 11 is 0. The molecule has 0 fully saturated rings. The molecule has 1 N–H and O–H groups in total. The first-order chi connectivity index (χ1) is 15.6. The number of hydrogen-bond donors (Lipinski definition) is 1. The summed E-state index contributed by atoms with van der Waals surface area (Å²) in [4.78, 5) is 15.4. The average Bonchev–Trinajstić information content (AvgIpc) is 2.78. The first-order valence-electron chi connectivity index (χ1n) is 9.73. The van der Waals surface area contributed by atoms with Crippen molar-refractivity contribution in [2.75, 3.05) is 0 Å². The van der Waals surface area contributed by atoms with Crippen LogP contribution in [0.5, 0.6) is 0 Å². The molecule has 0 aliphatic carbocycles. The van der Waals surface area contributed by atoms with Crippen LogP contribution in [0.1, 0.15) is 22.3 Å². The maximum absolute atomic E-state index is 13.3. The lowest BCUT2D eigenvalue weighted by Gasteiger charge is -2.11. The summed E-state index contributed by atoms with van der Waals surface area (Å²) in [6, 6.07) is 14.1. The van der Waals surface area contributed by atoms with Crippen LogP contribution in [0.3, 0.4) is 0 Å². The van der Waals surface area contributed by atoms with Crippen molar-refractivity contribution in [3.05, 3.63) is 106 Å². The Bertz CT molecular complexity index is 1450. The van der Waals surface area contributed by atoms with Gasteiger partial charge in [-0.1, -0.05) is 24.3 Å². The van der Waals surface area contributed by atoms with E-state index in [-0.39, 0.29) is 28.8 Å². The number of sulfonamides is 1. The normalized spacial score (nSPS) is 12.2. The van der Waals surface area contributed by atoms with Gasteiger partial charge in [0.05, 0.1) is 10.5 Å². The van der Waals surface area contributed by atoms with E-state index in [0.717, 1.165) is 0 Å². The number of nitrogens with one attached hydrogen (secondary N) is 1. The maximum Gasteiger partial charge on any atom is 0.417 e. The van der Waals surface area contributed by atoms with Gasteiger partial charge in [0, 0.05) is 30.4 Å². The predicted octanol–water partition coefficient (Wildman–Crippen LogP) is 4.28. The first kappa shape index (κ1) is 22.7. The Balaban J connectivity index is 1.54. The van der Waals surface area contributed by atoms with Crippen LogP contribution in [-0.4, -0.2) is 13.4 Å². The van der Waals surface area contributed by atoms with Gasteiger partial charge in [0.25, 0.3) is 0 Å². The number of nitrogens with zero attached hydrogens (tertiary/aromatic N) is 1. The second-order valence-electron chi connectivity index (χ2n) is 7.31. The lowest BCUT2D eigenvalue weighted by molar-refractivity contribution is -0.136. The summed E-state index contributed by atoms with van der Waals surface area (Å²) in [6.45, 7) is 0.0900. The molecule has 0 spiro atoms. The summed E-state index contributed by atoms with van der Waals surface area (Å²) in [5, 5.41) is -0.210. The third-order valence-electron chi connectivity index (χ3n) is 4.94. The van der Waals surface area contributed by atoms with Crippen LogP contribution in [0.4, 0.5) is 13.2 Å². The standard InChI is InChI=1S/C23H17F3N2O4S/c24-23(25,26)20-12-22(29)32-21-8-5-16(11-19(20)21)10-15-3-6-18(7-4-15)33(30,31)28-14-17-2-1-9-27-13-17/h1-9,11-13,28H,10,14H2. The lowest BCUT2D eigenvalue weighted by Crippen LogP contribution is -2.23. The van der Waals surface area contributed by atoms with E-state index in [0.29, 0.717) is 22.8 Å². The van der Waals surface area contributed by atoms with Crippen LogP contribution >= 0.6 is 0 Å². The molecule has 0 radical (unpaired) electrons. The summed E-state index contributed by atoms with van der Waals surface area (Å²) in [5.74, 6) is 0. The van der Waals surface area contributed by atoms with Gasteiger partial charge in [-0.05, 0) is 53.4 Å². The molecule has 2 heterocycles. The first-order valence-corrected chi connectivity index (χ1v) is 11.2. The maximum atomic E-state index is 13.3. The molecule has 0 saturated carbocycles. The number of rotatable bonds is 6. The van der Waals surface area contributed by atoms with Crippen molar-refractivity contribution in [2.24, 2.45) is 0 Å². The van der Waals surface area contributed by atoms with E-state index in [1.807, 2.05) is 0 Å². The number of halogens is 3. The highest BCUT2D eigenvalue weighted by Gasteiger charge is 2.33. The fourth-order valence-electron chi connectivity index (χ4n) is 3.34. The number of aromatic nitrogens is 1. The summed E-state index contributed by atoms with van der Waals surface area (Å²) in [7, 11) is -3.75. The highest BCUT2D eigenvalue weighted by molar-refractivity contribution is 7.89. The van der Waals surface area contributed by atoms with Crippen molar-refractivity contribution in [2.45, 2.75) is 24.0 Å². The van der Waals surface area contributed by atoms with Crippen molar-refractivity contribution < 1.29 is 26.0 Å². The molecule has 4 aromatic rings.